The molecule has 1 aliphatic rings. The van der Waals surface area contributed by atoms with E-state index in [0.29, 0.717) is 11.8 Å². The third-order valence-electron chi connectivity index (χ3n) is 3.60. The molecule has 0 unspecified atom stereocenters. The van der Waals surface area contributed by atoms with E-state index in [1.807, 2.05) is 18.2 Å². The zero-order valence-electron chi connectivity index (χ0n) is 11.1. The molecule has 0 aliphatic carbocycles. The van der Waals surface area contributed by atoms with E-state index in [4.69, 9.17) is 4.74 Å². The lowest BCUT2D eigenvalue weighted by molar-refractivity contribution is 0.138. The van der Waals surface area contributed by atoms with Crippen LogP contribution in [0.1, 0.15) is 18.1 Å². The number of hydrogen-bond acceptors (Lipinski definition) is 3. The molecule has 0 spiro atoms. The van der Waals surface area contributed by atoms with E-state index in [0.717, 1.165) is 24.0 Å². The van der Waals surface area contributed by atoms with E-state index in [2.05, 4.69) is 50.5 Å². The van der Waals surface area contributed by atoms with Crippen LogP contribution in [0.25, 0.3) is 0 Å². The average molecular weight is 333 g/mol. The number of rotatable bonds is 4. The summed E-state index contributed by atoms with van der Waals surface area (Å²) in [5.74, 6) is 1.16. The topological polar surface area (TPSA) is 34.1 Å². The van der Waals surface area contributed by atoms with Gasteiger partial charge in [-0.15, -0.1) is 0 Å². The van der Waals surface area contributed by atoms with Gasteiger partial charge in [0, 0.05) is 29.2 Å². The van der Waals surface area contributed by atoms with Crippen LogP contribution in [0.5, 0.6) is 5.88 Å². The summed E-state index contributed by atoms with van der Waals surface area (Å²) in [5, 5.41) is 3.41. The van der Waals surface area contributed by atoms with Gasteiger partial charge in [-0.05, 0) is 40.5 Å². The van der Waals surface area contributed by atoms with Gasteiger partial charge in [-0.25, -0.2) is 4.98 Å². The molecule has 3 rings (SSSR count). The molecule has 1 aliphatic heterocycles. The number of nitrogens with one attached hydrogen (secondary N) is 1. The van der Waals surface area contributed by atoms with Crippen molar-refractivity contribution in [2.24, 2.45) is 5.92 Å². The summed E-state index contributed by atoms with van der Waals surface area (Å²) >= 11 is 3.39. The first-order valence-electron chi connectivity index (χ1n) is 6.87. The molecule has 0 radical (unpaired) electrons. The van der Waals surface area contributed by atoms with Crippen molar-refractivity contribution in [3.05, 3.63) is 58.7 Å². The largest absolute Gasteiger partial charge is 0.469 e. The van der Waals surface area contributed by atoms with Crippen molar-refractivity contribution in [3.8, 4) is 5.88 Å². The van der Waals surface area contributed by atoms with Gasteiger partial charge in [0.2, 0.25) is 5.88 Å². The van der Waals surface area contributed by atoms with Gasteiger partial charge in [-0.3, -0.25) is 0 Å². The molecule has 1 fully saturated rings. The Hall–Kier alpha value is -1.39. The van der Waals surface area contributed by atoms with Gasteiger partial charge in [0.15, 0.2) is 0 Å². The van der Waals surface area contributed by atoms with Gasteiger partial charge in [0.05, 0.1) is 0 Å². The van der Waals surface area contributed by atoms with E-state index in [9.17, 15) is 0 Å². The van der Waals surface area contributed by atoms with E-state index < -0.39 is 0 Å². The summed E-state index contributed by atoms with van der Waals surface area (Å²) in [6, 6.07) is 14.3. The Labute approximate surface area is 127 Å². The van der Waals surface area contributed by atoms with E-state index in [-0.39, 0.29) is 6.10 Å². The average Bonchev–Trinajstić information content (AvgIpc) is 3.01. The minimum atomic E-state index is 0.0554. The molecule has 2 aromatic rings. The van der Waals surface area contributed by atoms with Crippen molar-refractivity contribution >= 4 is 15.9 Å². The minimum absolute atomic E-state index is 0.0554. The highest BCUT2D eigenvalue weighted by molar-refractivity contribution is 9.10. The number of aromatic nitrogens is 1. The van der Waals surface area contributed by atoms with Gasteiger partial charge in [-0.2, -0.15) is 0 Å². The lowest BCUT2D eigenvalue weighted by Crippen LogP contribution is -2.21. The summed E-state index contributed by atoms with van der Waals surface area (Å²) in [5.41, 5.74) is 1.21. The number of ether oxygens (including phenoxy) is 1. The van der Waals surface area contributed by atoms with Crippen LogP contribution in [0.3, 0.4) is 0 Å². The van der Waals surface area contributed by atoms with E-state index >= 15 is 0 Å². The first-order chi connectivity index (χ1) is 9.83. The van der Waals surface area contributed by atoms with Crippen LogP contribution in [0.2, 0.25) is 0 Å². The fourth-order valence-electron chi connectivity index (χ4n) is 2.58. The monoisotopic (exact) mass is 332 g/mol. The Morgan fingerprint density at radius 2 is 2.05 bits per heavy atom. The third-order valence-corrected chi connectivity index (χ3v) is 4.07. The second-order valence-corrected chi connectivity index (χ2v) is 5.93. The van der Waals surface area contributed by atoms with Gasteiger partial charge < -0.3 is 10.1 Å². The fourth-order valence-corrected chi connectivity index (χ4v) is 2.81. The molecular weight excluding hydrogens is 316 g/mol. The summed E-state index contributed by atoms with van der Waals surface area (Å²) in [4.78, 5) is 4.33. The van der Waals surface area contributed by atoms with Gasteiger partial charge in [0.1, 0.15) is 6.10 Å². The number of nitrogens with zero attached hydrogens (tertiary/aromatic N) is 1. The molecular formula is C16H17BrN2O. The lowest BCUT2D eigenvalue weighted by atomic mass is 9.95. The molecule has 3 nitrogen and oxygen atoms in total. The Bertz CT molecular complexity index is 538. The fraction of sp³-hybridized carbons (Fsp3) is 0.312. The zero-order chi connectivity index (χ0) is 13.8. The number of pyridine rings is 1. The van der Waals surface area contributed by atoms with Crippen molar-refractivity contribution in [3.63, 3.8) is 0 Å². The molecule has 20 heavy (non-hydrogen) atoms. The Morgan fingerprint density at radius 3 is 2.70 bits per heavy atom. The molecule has 2 atom stereocenters. The minimum Gasteiger partial charge on any atom is -0.469 e. The second kappa shape index (κ2) is 6.37. The van der Waals surface area contributed by atoms with Gasteiger partial charge in [-0.1, -0.05) is 30.3 Å². The first kappa shape index (κ1) is 13.6. The molecule has 0 saturated carbocycles. The SMILES string of the molecule is Brc1ccc(O[C@@H](c2ccccc2)[C@H]2CCNC2)nc1. The van der Waals surface area contributed by atoms with Gasteiger partial charge in [0.25, 0.3) is 0 Å². The zero-order valence-corrected chi connectivity index (χ0v) is 12.7. The van der Waals surface area contributed by atoms with Crippen LogP contribution in [0.15, 0.2) is 53.1 Å². The molecule has 2 heterocycles. The molecule has 104 valence electrons. The Kier molecular flexibility index (Phi) is 4.33. The molecule has 0 bridgehead atoms. The number of hydrogen-bond donors (Lipinski definition) is 1. The first-order valence-corrected chi connectivity index (χ1v) is 7.66. The van der Waals surface area contributed by atoms with E-state index in [1.54, 1.807) is 6.20 Å². The second-order valence-electron chi connectivity index (χ2n) is 5.02. The van der Waals surface area contributed by atoms with Crippen molar-refractivity contribution < 1.29 is 4.74 Å². The number of benzene rings is 1. The van der Waals surface area contributed by atoms with Crippen LogP contribution in [0.4, 0.5) is 0 Å². The maximum absolute atomic E-state index is 6.17. The molecule has 1 aromatic carbocycles. The van der Waals surface area contributed by atoms with Crippen LogP contribution < -0.4 is 10.1 Å². The van der Waals surface area contributed by atoms with Crippen LogP contribution in [-0.4, -0.2) is 18.1 Å². The normalized spacial score (nSPS) is 19.8. The standard InChI is InChI=1S/C16H17BrN2O/c17-14-6-7-15(19-11-14)20-16(13-8-9-18-10-13)12-4-2-1-3-5-12/h1-7,11,13,16,18H,8-10H2/t13-,16-/m0/s1. The predicted molar refractivity (Wildman–Crippen MR) is 82.7 cm³/mol. The smallest absolute Gasteiger partial charge is 0.213 e. The summed E-state index contributed by atoms with van der Waals surface area (Å²) in [6.45, 7) is 2.06. The molecule has 0 amide bonds. The highest BCUT2D eigenvalue weighted by Gasteiger charge is 2.28. The molecule has 4 heteroatoms. The number of halogens is 1. The van der Waals surface area contributed by atoms with E-state index in [1.165, 1.54) is 5.56 Å². The molecule has 1 aromatic heterocycles. The van der Waals surface area contributed by atoms with Crippen LogP contribution >= 0.6 is 15.9 Å². The third kappa shape index (κ3) is 3.19. The molecule has 1 N–H and O–H groups in total. The van der Waals surface area contributed by atoms with Crippen molar-refractivity contribution in [1.82, 2.24) is 10.3 Å². The lowest BCUT2D eigenvalue weighted by Gasteiger charge is -2.24. The Morgan fingerprint density at radius 1 is 1.20 bits per heavy atom. The summed E-state index contributed by atoms with van der Waals surface area (Å²) in [6.07, 6.45) is 2.96. The predicted octanol–water partition coefficient (Wildman–Crippen LogP) is 3.57. The highest BCUT2D eigenvalue weighted by atomic mass is 79.9. The van der Waals surface area contributed by atoms with Crippen molar-refractivity contribution in [1.29, 1.82) is 0 Å². The van der Waals surface area contributed by atoms with Crippen LogP contribution in [0, 0.1) is 5.92 Å². The van der Waals surface area contributed by atoms with Crippen molar-refractivity contribution in [2.75, 3.05) is 13.1 Å². The Balaban J connectivity index is 1.83. The summed E-state index contributed by atoms with van der Waals surface area (Å²) in [7, 11) is 0. The highest BCUT2D eigenvalue weighted by Crippen LogP contribution is 2.31. The van der Waals surface area contributed by atoms with Crippen molar-refractivity contribution in [2.45, 2.75) is 12.5 Å². The molecule has 1 saturated heterocycles. The maximum atomic E-state index is 6.17. The van der Waals surface area contributed by atoms with Crippen LogP contribution in [-0.2, 0) is 0 Å². The quantitative estimate of drug-likeness (QED) is 0.929. The summed E-state index contributed by atoms with van der Waals surface area (Å²) < 4.78 is 7.13. The van der Waals surface area contributed by atoms with Gasteiger partial charge >= 0.3 is 0 Å². The maximum Gasteiger partial charge on any atom is 0.213 e.